The number of rotatable bonds is 6. The SMILES string of the molecule is CCc1ccc(OC)c(CC(F)(F)CC(=O)O)c1. The van der Waals surface area contributed by atoms with E-state index < -0.39 is 24.7 Å². The molecule has 1 aromatic rings. The van der Waals surface area contributed by atoms with Crippen LogP contribution in [0, 0.1) is 0 Å². The minimum Gasteiger partial charge on any atom is -0.496 e. The van der Waals surface area contributed by atoms with Crippen molar-refractivity contribution in [3.05, 3.63) is 29.3 Å². The van der Waals surface area contributed by atoms with Crippen LogP contribution in [0.25, 0.3) is 0 Å². The lowest BCUT2D eigenvalue weighted by atomic mass is 10.0. The summed E-state index contributed by atoms with van der Waals surface area (Å²) in [5.41, 5.74) is 1.25. The third kappa shape index (κ3) is 3.98. The van der Waals surface area contributed by atoms with Crippen LogP contribution in [0.2, 0.25) is 0 Å². The first kappa shape index (κ1) is 14.4. The largest absolute Gasteiger partial charge is 0.496 e. The van der Waals surface area contributed by atoms with Crippen LogP contribution < -0.4 is 4.74 Å². The lowest BCUT2D eigenvalue weighted by molar-refractivity contribution is -0.144. The summed E-state index contributed by atoms with van der Waals surface area (Å²) in [5, 5.41) is 8.44. The molecular formula is C13H16F2O3. The van der Waals surface area contributed by atoms with Crippen molar-refractivity contribution in [2.45, 2.75) is 32.1 Å². The standard InChI is InChI=1S/C13H16F2O3/c1-3-9-4-5-11(18-2)10(6-9)7-13(14,15)8-12(16)17/h4-6H,3,7-8H2,1-2H3,(H,16,17). The highest BCUT2D eigenvalue weighted by Gasteiger charge is 2.33. The first-order valence-electron chi connectivity index (χ1n) is 5.63. The summed E-state index contributed by atoms with van der Waals surface area (Å²) >= 11 is 0. The molecule has 1 aromatic carbocycles. The van der Waals surface area contributed by atoms with Crippen molar-refractivity contribution in [2.24, 2.45) is 0 Å². The number of aliphatic carboxylic acids is 1. The van der Waals surface area contributed by atoms with Crippen LogP contribution in [-0.2, 0) is 17.6 Å². The average molecular weight is 258 g/mol. The number of carboxylic acids is 1. The van der Waals surface area contributed by atoms with Gasteiger partial charge in [0.1, 0.15) is 12.2 Å². The van der Waals surface area contributed by atoms with Gasteiger partial charge in [0.25, 0.3) is 5.92 Å². The first-order chi connectivity index (χ1) is 8.38. The van der Waals surface area contributed by atoms with E-state index in [0.717, 1.165) is 12.0 Å². The fraction of sp³-hybridized carbons (Fsp3) is 0.462. The second-order valence-corrected chi connectivity index (χ2v) is 4.10. The number of hydrogen-bond donors (Lipinski definition) is 1. The number of halogens is 2. The Morgan fingerprint density at radius 3 is 2.61 bits per heavy atom. The van der Waals surface area contributed by atoms with Gasteiger partial charge in [0.15, 0.2) is 0 Å². The summed E-state index contributed by atoms with van der Waals surface area (Å²) in [7, 11) is 1.40. The monoisotopic (exact) mass is 258 g/mol. The van der Waals surface area contributed by atoms with E-state index in [-0.39, 0.29) is 0 Å². The van der Waals surface area contributed by atoms with Gasteiger partial charge >= 0.3 is 5.97 Å². The van der Waals surface area contributed by atoms with E-state index in [1.807, 2.05) is 6.92 Å². The summed E-state index contributed by atoms with van der Waals surface area (Å²) in [6.45, 7) is 1.92. The molecule has 1 rings (SSSR count). The van der Waals surface area contributed by atoms with Crippen LogP contribution in [0.15, 0.2) is 18.2 Å². The average Bonchev–Trinajstić information content (AvgIpc) is 2.26. The van der Waals surface area contributed by atoms with E-state index in [2.05, 4.69) is 0 Å². The third-order valence-electron chi connectivity index (χ3n) is 2.61. The van der Waals surface area contributed by atoms with Gasteiger partial charge in [-0.25, -0.2) is 8.78 Å². The molecule has 18 heavy (non-hydrogen) atoms. The molecule has 0 atom stereocenters. The number of alkyl halides is 2. The van der Waals surface area contributed by atoms with Crippen LogP contribution in [0.3, 0.4) is 0 Å². The Bertz CT molecular complexity index is 430. The number of benzene rings is 1. The molecule has 0 bridgehead atoms. The zero-order valence-corrected chi connectivity index (χ0v) is 10.4. The van der Waals surface area contributed by atoms with Crippen LogP contribution in [0.1, 0.15) is 24.5 Å². The van der Waals surface area contributed by atoms with E-state index in [4.69, 9.17) is 9.84 Å². The Kier molecular flexibility index (Phi) is 4.64. The second kappa shape index (κ2) is 5.80. The molecule has 0 saturated heterocycles. The van der Waals surface area contributed by atoms with Gasteiger partial charge in [-0.1, -0.05) is 19.1 Å². The van der Waals surface area contributed by atoms with Gasteiger partial charge in [0.2, 0.25) is 0 Å². The summed E-state index contributed by atoms with van der Waals surface area (Å²) in [6, 6.07) is 5.07. The number of methoxy groups -OCH3 is 1. The molecule has 3 nitrogen and oxygen atoms in total. The molecule has 0 aromatic heterocycles. The smallest absolute Gasteiger partial charge is 0.309 e. The molecule has 0 heterocycles. The molecule has 0 aliphatic rings. The van der Waals surface area contributed by atoms with Gasteiger partial charge < -0.3 is 9.84 Å². The highest BCUT2D eigenvalue weighted by molar-refractivity contribution is 5.67. The Morgan fingerprint density at radius 1 is 1.44 bits per heavy atom. The molecule has 0 saturated carbocycles. The number of ether oxygens (including phenoxy) is 1. The van der Waals surface area contributed by atoms with Crippen molar-refractivity contribution in [3.63, 3.8) is 0 Å². The molecule has 0 unspecified atom stereocenters. The molecule has 0 radical (unpaired) electrons. The van der Waals surface area contributed by atoms with Gasteiger partial charge in [0.05, 0.1) is 7.11 Å². The molecule has 0 aliphatic carbocycles. The molecule has 100 valence electrons. The quantitative estimate of drug-likeness (QED) is 0.853. The molecule has 0 aliphatic heterocycles. The Labute approximate surface area is 104 Å². The predicted molar refractivity (Wildman–Crippen MR) is 63.3 cm³/mol. The van der Waals surface area contributed by atoms with Crippen molar-refractivity contribution in [2.75, 3.05) is 7.11 Å². The predicted octanol–water partition coefficient (Wildman–Crippen LogP) is 2.91. The number of hydrogen-bond acceptors (Lipinski definition) is 2. The van der Waals surface area contributed by atoms with Crippen molar-refractivity contribution < 1.29 is 23.4 Å². The first-order valence-corrected chi connectivity index (χ1v) is 5.63. The van der Waals surface area contributed by atoms with E-state index in [0.29, 0.717) is 11.3 Å². The Hall–Kier alpha value is -1.65. The van der Waals surface area contributed by atoms with Crippen molar-refractivity contribution >= 4 is 5.97 Å². The van der Waals surface area contributed by atoms with Gasteiger partial charge in [-0.2, -0.15) is 0 Å². The summed E-state index contributed by atoms with van der Waals surface area (Å²) in [5.74, 6) is -4.42. The molecule has 0 fully saturated rings. The van der Waals surface area contributed by atoms with E-state index in [9.17, 15) is 13.6 Å². The number of carboxylic acid groups (broad SMARTS) is 1. The van der Waals surface area contributed by atoms with Gasteiger partial charge in [-0.05, 0) is 18.1 Å². The minimum absolute atomic E-state index is 0.336. The zero-order valence-electron chi connectivity index (χ0n) is 10.4. The molecular weight excluding hydrogens is 242 g/mol. The van der Waals surface area contributed by atoms with E-state index >= 15 is 0 Å². The lowest BCUT2D eigenvalue weighted by Gasteiger charge is -2.17. The number of carbonyl (C=O) groups is 1. The van der Waals surface area contributed by atoms with Crippen LogP contribution in [-0.4, -0.2) is 24.1 Å². The third-order valence-corrected chi connectivity index (χ3v) is 2.61. The van der Waals surface area contributed by atoms with Crippen LogP contribution >= 0.6 is 0 Å². The Morgan fingerprint density at radius 2 is 2.11 bits per heavy atom. The summed E-state index contributed by atoms with van der Waals surface area (Å²) < 4.78 is 32.0. The highest BCUT2D eigenvalue weighted by Crippen LogP contribution is 2.29. The molecule has 0 spiro atoms. The van der Waals surface area contributed by atoms with Gasteiger partial charge in [-0.15, -0.1) is 0 Å². The normalized spacial score (nSPS) is 11.3. The fourth-order valence-corrected chi connectivity index (χ4v) is 1.75. The van der Waals surface area contributed by atoms with Crippen molar-refractivity contribution in [1.29, 1.82) is 0 Å². The van der Waals surface area contributed by atoms with E-state index in [1.54, 1.807) is 18.2 Å². The maximum absolute atomic E-state index is 13.5. The van der Waals surface area contributed by atoms with E-state index in [1.165, 1.54) is 7.11 Å². The van der Waals surface area contributed by atoms with Crippen molar-refractivity contribution in [1.82, 2.24) is 0 Å². The van der Waals surface area contributed by atoms with Crippen LogP contribution in [0.5, 0.6) is 5.75 Å². The lowest BCUT2D eigenvalue weighted by Crippen LogP contribution is -2.24. The topological polar surface area (TPSA) is 46.5 Å². The zero-order chi connectivity index (χ0) is 13.8. The second-order valence-electron chi connectivity index (χ2n) is 4.10. The highest BCUT2D eigenvalue weighted by atomic mass is 19.3. The van der Waals surface area contributed by atoms with Crippen LogP contribution in [0.4, 0.5) is 8.78 Å². The summed E-state index contributed by atoms with van der Waals surface area (Å²) in [6.07, 6.45) is -1.08. The maximum atomic E-state index is 13.5. The van der Waals surface area contributed by atoms with Crippen molar-refractivity contribution in [3.8, 4) is 5.75 Å². The number of aryl methyl sites for hydroxylation is 1. The van der Waals surface area contributed by atoms with Gasteiger partial charge in [0, 0.05) is 12.0 Å². The fourth-order valence-electron chi connectivity index (χ4n) is 1.75. The molecule has 5 heteroatoms. The maximum Gasteiger partial charge on any atom is 0.309 e. The molecule has 0 amide bonds. The summed E-state index contributed by atoms with van der Waals surface area (Å²) in [4.78, 5) is 10.4. The minimum atomic E-state index is -3.27. The van der Waals surface area contributed by atoms with Gasteiger partial charge in [-0.3, -0.25) is 4.79 Å². The Balaban J connectivity index is 2.97. The molecule has 1 N–H and O–H groups in total.